The van der Waals surface area contributed by atoms with E-state index >= 15 is 0 Å². The lowest BCUT2D eigenvalue weighted by atomic mass is 10.2. The van der Waals surface area contributed by atoms with Crippen LogP contribution in [-0.2, 0) is 4.79 Å². The zero-order valence-electron chi connectivity index (χ0n) is 5.63. The van der Waals surface area contributed by atoms with Gasteiger partial charge in [0.1, 0.15) is 0 Å². The third kappa shape index (κ3) is 1.50. The first-order valence-electron chi connectivity index (χ1n) is 3.21. The molecule has 1 heterocycles. The number of hydrogen-bond acceptors (Lipinski definition) is 2. The van der Waals surface area contributed by atoms with E-state index in [0.29, 0.717) is 0 Å². The van der Waals surface area contributed by atoms with Crippen LogP contribution in [0.25, 0.3) is 0 Å². The molecule has 0 N–H and O–H groups in total. The Bertz CT molecular complexity index is 126. The van der Waals surface area contributed by atoms with Gasteiger partial charge in [-0.05, 0) is 26.4 Å². The fourth-order valence-corrected chi connectivity index (χ4v) is 1.69. The SMILES string of the molecule is CN1CCCC1C(=O)P. The zero-order valence-corrected chi connectivity index (χ0v) is 6.79. The molecule has 1 aliphatic heterocycles. The van der Waals surface area contributed by atoms with Crippen LogP contribution in [0.4, 0.5) is 0 Å². The molecule has 2 nitrogen and oxygen atoms in total. The van der Waals surface area contributed by atoms with Crippen molar-refractivity contribution in [2.45, 2.75) is 18.9 Å². The van der Waals surface area contributed by atoms with E-state index in [1.165, 1.54) is 6.42 Å². The quantitative estimate of drug-likeness (QED) is 0.500. The Morgan fingerprint density at radius 3 is 2.67 bits per heavy atom. The van der Waals surface area contributed by atoms with Gasteiger partial charge in [-0.25, -0.2) is 0 Å². The Kier molecular flexibility index (Phi) is 2.20. The maximum atomic E-state index is 10.8. The number of rotatable bonds is 1. The molecule has 9 heavy (non-hydrogen) atoms. The largest absolute Gasteiger partial charge is 0.296 e. The Labute approximate surface area is 57.8 Å². The summed E-state index contributed by atoms with van der Waals surface area (Å²) in [6, 6.07) is 0.190. The fourth-order valence-electron chi connectivity index (χ4n) is 1.27. The maximum absolute atomic E-state index is 10.8. The Balaban J connectivity index is 2.49. The van der Waals surface area contributed by atoms with Gasteiger partial charge in [0, 0.05) is 0 Å². The summed E-state index contributed by atoms with van der Waals surface area (Å²) in [5, 5.41) is 0. The second kappa shape index (κ2) is 2.76. The van der Waals surface area contributed by atoms with Gasteiger partial charge in [0.05, 0.1) is 6.04 Å². The van der Waals surface area contributed by atoms with Crippen LogP contribution in [0.2, 0.25) is 0 Å². The van der Waals surface area contributed by atoms with E-state index in [4.69, 9.17) is 0 Å². The van der Waals surface area contributed by atoms with Crippen LogP contribution in [0, 0.1) is 0 Å². The van der Waals surface area contributed by atoms with Crippen molar-refractivity contribution >= 4 is 14.8 Å². The van der Waals surface area contributed by atoms with E-state index < -0.39 is 0 Å². The molecule has 1 aliphatic rings. The average Bonchev–Trinajstić information content (AvgIpc) is 2.13. The predicted molar refractivity (Wildman–Crippen MR) is 40.4 cm³/mol. The van der Waals surface area contributed by atoms with E-state index in [9.17, 15) is 4.79 Å². The molecule has 0 radical (unpaired) electrons. The molecule has 1 rings (SSSR count). The molecular formula is C6H12NOP. The second-order valence-corrected chi connectivity index (χ2v) is 3.11. The molecule has 0 aromatic heterocycles. The van der Waals surface area contributed by atoms with Gasteiger partial charge < -0.3 is 0 Å². The van der Waals surface area contributed by atoms with Gasteiger partial charge in [-0.15, -0.1) is 0 Å². The van der Waals surface area contributed by atoms with Crippen LogP contribution >= 0.6 is 9.24 Å². The monoisotopic (exact) mass is 145 g/mol. The third-order valence-electron chi connectivity index (χ3n) is 1.85. The van der Waals surface area contributed by atoms with Crippen molar-refractivity contribution in [2.75, 3.05) is 13.6 Å². The smallest absolute Gasteiger partial charge is 0.165 e. The summed E-state index contributed by atoms with van der Waals surface area (Å²) in [5.41, 5.74) is 0.231. The molecule has 0 aromatic rings. The fraction of sp³-hybridized carbons (Fsp3) is 0.833. The predicted octanol–water partition coefficient (Wildman–Crippen LogP) is 0.482. The number of carbonyl (C=O) groups excluding carboxylic acids is 1. The minimum atomic E-state index is 0.190. The number of hydrogen-bond donors (Lipinski definition) is 0. The molecule has 0 aromatic carbocycles. The number of nitrogens with zero attached hydrogens (tertiary/aromatic N) is 1. The molecular weight excluding hydrogens is 133 g/mol. The van der Waals surface area contributed by atoms with Crippen LogP contribution in [0.1, 0.15) is 12.8 Å². The van der Waals surface area contributed by atoms with E-state index in [1.54, 1.807) is 0 Å². The lowest BCUT2D eigenvalue weighted by Crippen LogP contribution is -2.29. The highest BCUT2D eigenvalue weighted by molar-refractivity contribution is 7.40. The minimum Gasteiger partial charge on any atom is -0.296 e. The third-order valence-corrected chi connectivity index (χ3v) is 2.23. The summed E-state index contributed by atoms with van der Waals surface area (Å²) < 4.78 is 0. The van der Waals surface area contributed by atoms with E-state index in [-0.39, 0.29) is 11.6 Å². The first-order chi connectivity index (χ1) is 4.22. The van der Waals surface area contributed by atoms with E-state index in [2.05, 4.69) is 14.1 Å². The van der Waals surface area contributed by atoms with Crippen LogP contribution in [0.15, 0.2) is 0 Å². The topological polar surface area (TPSA) is 20.3 Å². The van der Waals surface area contributed by atoms with E-state index in [1.807, 2.05) is 7.05 Å². The molecule has 0 amide bonds. The normalized spacial score (nSPS) is 28.9. The van der Waals surface area contributed by atoms with Crippen LogP contribution in [0.5, 0.6) is 0 Å². The molecule has 3 heteroatoms. The molecule has 0 bridgehead atoms. The Morgan fingerprint density at radius 2 is 2.44 bits per heavy atom. The summed E-state index contributed by atoms with van der Waals surface area (Å²) in [4.78, 5) is 12.9. The highest BCUT2D eigenvalue weighted by Gasteiger charge is 2.24. The molecule has 0 saturated carbocycles. The van der Waals surface area contributed by atoms with Crippen molar-refractivity contribution in [1.29, 1.82) is 0 Å². The van der Waals surface area contributed by atoms with Crippen molar-refractivity contribution in [3.8, 4) is 0 Å². The van der Waals surface area contributed by atoms with E-state index in [0.717, 1.165) is 13.0 Å². The Morgan fingerprint density at radius 1 is 1.78 bits per heavy atom. The number of likely N-dealkylation sites (N-methyl/N-ethyl adjacent to an activating group) is 1. The average molecular weight is 145 g/mol. The second-order valence-electron chi connectivity index (χ2n) is 2.54. The number of carbonyl (C=O) groups is 1. The summed E-state index contributed by atoms with van der Waals surface area (Å²) in [6.45, 7) is 1.07. The highest BCUT2D eigenvalue weighted by atomic mass is 31.0. The summed E-state index contributed by atoms with van der Waals surface area (Å²) in [7, 11) is 4.25. The molecule has 0 aliphatic carbocycles. The van der Waals surface area contributed by atoms with Gasteiger partial charge in [0.2, 0.25) is 0 Å². The van der Waals surface area contributed by atoms with Crippen LogP contribution < -0.4 is 0 Å². The lowest BCUT2D eigenvalue weighted by molar-refractivity contribution is -0.114. The van der Waals surface area contributed by atoms with Crippen molar-refractivity contribution in [2.24, 2.45) is 0 Å². The van der Waals surface area contributed by atoms with Gasteiger partial charge in [-0.2, -0.15) is 0 Å². The highest BCUT2D eigenvalue weighted by Crippen LogP contribution is 2.17. The zero-order chi connectivity index (χ0) is 6.85. The minimum absolute atomic E-state index is 0.190. The standard InChI is InChI=1S/C6H12NOP/c1-7-4-2-3-5(7)6(8)9/h5H,2-4,9H2,1H3. The molecule has 2 unspecified atom stereocenters. The molecule has 1 saturated heterocycles. The summed E-state index contributed by atoms with van der Waals surface area (Å²) in [6.07, 6.45) is 2.21. The van der Waals surface area contributed by atoms with Crippen LogP contribution in [-0.4, -0.2) is 30.1 Å². The lowest BCUT2D eigenvalue weighted by Gasteiger charge is -2.14. The number of likely N-dealkylation sites (tertiary alicyclic amines) is 1. The first kappa shape index (κ1) is 7.17. The van der Waals surface area contributed by atoms with Crippen molar-refractivity contribution in [3.63, 3.8) is 0 Å². The molecule has 2 atom stereocenters. The van der Waals surface area contributed by atoms with Gasteiger partial charge >= 0.3 is 0 Å². The van der Waals surface area contributed by atoms with Gasteiger partial charge in [-0.3, -0.25) is 9.69 Å². The molecule has 52 valence electrons. The van der Waals surface area contributed by atoms with Gasteiger partial charge in [0.15, 0.2) is 5.52 Å². The summed E-state index contributed by atoms with van der Waals surface area (Å²) in [5.74, 6) is 0. The van der Waals surface area contributed by atoms with Gasteiger partial charge in [0.25, 0.3) is 0 Å². The first-order valence-corrected chi connectivity index (χ1v) is 3.79. The van der Waals surface area contributed by atoms with Gasteiger partial charge in [-0.1, -0.05) is 9.24 Å². The van der Waals surface area contributed by atoms with Crippen molar-refractivity contribution < 1.29 is 4.79 Å². The van der Waals surface area contributed by atoms with Crippen LogP contribution in [0.3, 0.4) is 0 Å². The van der Waals surface area contributed by atoms with Crippen molar-refractivity contribution in [3.05, 3.63) is 0 Å². The molecule has 0 spiro atoms. The van der Waals surface area contributed by atoms with Crippen molar-refractivity contribution in [1.82, 2.24) is 4.90 Å². The Hall–Kier alpha value is 0.0600. The maximum Gasteiger partial charge on any atom is 0.165 e. The summed E-state index contributed by atoms with van der Waals surface area (Å²) >= 11 is 0. The molecule has 1 fully saturated rings.